The van der Waals surface area contributed by atoms with Gasteiger partial charge in [-0.05, 0) is 25.5 Å². The number of nitrogens with two attached hydrogens (primary N) is 1. The van der Waals surface area contributed by atoms with Crippen LogP contribution in [0.2, 0.25) is 5.02 Å². The maximum Gasteiger partial charge on any atom is 0.258 e. The summed E-state index contributed by atoms with van der Waals surface area (Å²) in [4.78, 5) is 11.8. The minimum absolute atomic E-state index is 0. The summed E-state index contributed by atoms with van der Waals surface area (Å²) in [6.07, 6.45) is 3.04. The number of nitrogens with one attached hydrogen (secondary N) is 1. The second kappa shape index (κ2) is 10.7. The van der Waals surface area contributed by atoms with Gasteiger partial charge >= 0.3 is 0 Å². The number of hydrogen-bond acceptors (Lipinski definition) is 3. The fourth-order valence-corrected chi connectivity index (χ4v) is 2.02. The number of hydrogen-bond donors (Lipinski definition) is 2. The Balaban J connectivity index is 0.00000400. The zero-order valence-corrected chi connectivity index (χ0v) is 14.1. The predicted octanol–water partition coefficient (Wildman–Crippen LogP) is 3.08. The molecule has 0 bridgehead atoms. The van der Waals surface area contributed by atoms with Crippen molar-refractivity contribution in [3.05, 3.63) is 28.8 Å². The van der Waals surface area contributed by atoms with Gasteiger partial charge in [-0.2, -0.15) is 0 Å². The summed E-state index contributed by atoms with van der Waals surface area (Å²) < 4.78 is 5.49. The minimum Gasteiger partial charge on any atom is -0.483 e. The summed E-state index contributed by atoms with van der Waals surface area (Å²) >= 11 is 6.00. The SMILES string of the molecule is CCCCC(CN)NC(=O)COc1cccc(Cl)c1C.Cl. The van der Waals surface area contributed by atoms with E-state index in [1.54, 1.807) is 18.2 Å². The number of carbonyl (C=O) groups excluding carboxylic acids is 1. The molecule has 1 aromatic carbocycles. The van der Waals surface area contributed by atoms with Crippen LogP contribution in [0.3, 0.4) is 0 Å². The third kappa shape index (κ3) is 7.02. The van der Waals surface area contributed by atoms with Crippen molar-refractivity contribution >= 4 is 29.9 Å². The lowest BCUT2D eigenvalue weighted by Gasteiger charge is -2.17. The Bertz CT molecular complexity index is 442. The first kappa shape index (κ1) is 20.0. The third-order valence-electron chi connectivity index (χ3n) is 3.13. The minimum atomic E-state index is -0.157. The Morgan fingerprint density at radius 3 is 2.81 bits per heavy atom. The molecule has 1 aromatic rings. The van der Waals surface area contributed by atoms with Crippen LogP contribution in [0.4, 0.5) is 0 Å². The quantitative estimate of drug-likeness (QED) is 0.767. The average Bonchev–Trinajstić information content (AvgIpc) is 2.45. The van der Waals surface area contributed by atoms with Crippen LogP contribution < -0.4 is 15.8 Å². The molecular formula is C15H24Cl2N2O2. The van der Waals surface area contributed by atoms with E-state index < -0.39 is 0 Å². The molecule has 0 aliphatic heterocycles. The van der Waals surface area contributed by atoms with Crippen LogP contribution in [-0.2, 0) is 4.79 Å². The molecule has 0 aliphatic carbocycles. The molecule has 1 unspecified atom stereocenters. The molecule has 0 fully saturated rings. The van der Waals surface area contributed by atoms with Crippen LogP contribution in [-0.4, -0.2) is 25.1 Å². The predicted molar refractivity (Wildman–Crippen MR) is 89.4 cm³/mol. The van der Waals surface area contributed by atoms with Gasteiger partial charge in [0.1, 0.15) is 5.75 Å². The molecule has 21 heavy (non-hydrogen) atoms. The molecule has 0 aliphatic rings. The Morgan fingerprint density at radius 1 is 1.48 bits per heavy atom. The highest BCUT2D eigenvalue weighted by atomic mass is 35.5. The van der Waals surface area contributed by atoms with Crippen LogP contribution in [0.25, 0.3) is 0 Å². The van der Waals surface area contributed by atoms with Gasteiger partial charge in [-0.3, -0.25) is 4.79 Å². The normalized spacial score (nSPS) is 11.4. The van der Waals surface area contributed by atoms with Crippen LogP contribution in [0.1, 0.15) is 31.7 Å². The summed E-state index contributed by atoms with van der Waals surface area (Å²) in [7, 11) is 0. The molecule has 0 radical (unpaired) electrons. The number of halogens is 2. The van der Waals surface area contributed by atoms with E-state index in [0.717, 1.165) is 24.8 Å². The van der Waals surface area contributed by atoms with Crippen LogP contribution in [0.5, 0.6) is 5.75 Å². The number of ether oxygens (including phenoxy) is 1. The third-order valence-corrected chi connectivity index (χ3v) is 3.54. The first-order valence-corrected chi connectivity index (χ1v) is 7.33. The van der Waals surface area contributed by atoms with Crippen LogP contribution in [0, 0.1) is 6.92 Å². The highest BCUT2D eigenvalue weighted by Crippen LogP contribution is 2.24. The summed E-state index contributed by atoms with van der Waals surface area (Å²) in [5.41, 5.74) is 6.48. The smallest absolute Gasteiger partial charge is 0.258 e. The van der Waals surface area contributed by atoms with E-state index in [0.29, 0.717) is 17.3 Å². The number of rotatable bonds is 8. The van der Waals surface area contributed by atoms with E-state index in [9.17, 15) is 4.79 Å². The van der Waals surface area contributed by atoms with Gasteiger partial charge in [0.2, 0.25) is 0 Å². The van der Waals surface area contributed by atoms with Gasteiger partial charge in [0.05, 0.1) is 0 Å². The molecule has 4 nitrogen and oxygen atoms in total. The highest BCUT2D eigenvalue weighted by Gasteiger charge is 2.11. The van der Waals surface area contributed by atoms with Crippen molar-refractivity contribution in [2.45, 2.75) is 39.2 Å². The Kier molecular flexibility index (Phi) is 10.2. The highest BCUT2D eigenvalue weighted by molar-refractivity contribution is 6.31. The largest absolute Gasteiger partial charge is 0.483 e. The van der Waals surface area contributed by atoms with Crippen molar-refractivity contribution in [2.75, 3.05) is 13.2 Å². The topological polar surface area (TPSA) is 64.3 Å². The first-order valence-electron chi connectivity index (χ1n) is 6.95. The molecule has 120 valence electrons. The number of benzene rings is 1. The zero-order valence-electron chi connectivity index (χ0n) is 12.5. The lowest BCUT2D eigenvalue weighted by molar-refractivity contribution is -0.123. The molecule has 6 heteroatoms. The first-order chi connectivity index (χ1) is 9.58. The fourth-order valence-electron chi connectivity index (χ4n) is 1.86. The van der Waals surface area contributed by atoms with Crippen molar-refractivity contribution in [1.29, 1.82) is 0 Å². The summed E-state index contributed by atoms with van der Waals surface area (Å²) in [5, 5.41) is 3.51. The summed E-state index contributed by atoms with van der Waals surface area (Å²) in [6.45, 7) is 4.39. The molecule has 0 aromatic heterocycles. The van der Waals surface area contributed by atoms with Gasteiger partial charge in [-0.15, -0.1) is 12.4 Å². The molecular weight excluding hydrogens is 311 g/mol. The van der Waals surface area contributed by atoms with Crippen LogP contribution >= 0.6 is 24.0 Å². The Hall–Kier alpha value is -0.970. The van der Waals surface area contributed by atoms with Crippen molar-refractivity contribution in [2.24, 2.45) is 5.73 Å². The molecule has 0 saturated carbocycles. The number of carbonyl (C=O) groups is 1. The zero-order chi connectivity index (χ0) is 15.0. The van der Waals surface area contributed by atoms with E-state index in [2.05, 4.69) is 12.2 Å². The van der Waals surface area contributed by atoms with Gasteiger partial charge in [-0.1, -0.05) is 37.4 Å². The molecule has 1 amide bonds. The van der Waals surface area contributed by atoms with E-state index in [-0.39, 0.29) is 31.0 Å². The monoisotopic (exact) mass is 334 g/mol. The lowest BCUT2D eigenvalue weighted by Crippen LogP contribution is -2.42. The van der Waals surface area contributed by atoms with Gasteiger partial charge < -0.3 is 15.8 Å². The fraction of sp³-hybridized carbons (Fsp3) is 0.533. The standard InChI is InChI=1S/C15H23ClN2O2.ClH/c1-3-4-6-12(9-17)18-15(19)10-20-14-8-5-7-13(16)11(14)2;/h5,7-8,12H,3-4,6,9-10,17H2,1-2H3,(H,18,19);1H. The molecule has 0 saturated heterocycles. The maximum atomic E-state index is 11.8. The molecule has 0 spiro atoms. The average molecular weight is 335 g/mol. The van der Waals surface area contributed by atoms with E-state index in [1.165, 1.54) is 0 Å². The van der Waals surface area contributed by atoms with Gasteiger partial charge in [0.25, 0.3) is 5.91 Å². The second-order valence-electron chi connectivity index (χ2n) is 4.79. The summed E-state index contributed by atoms with van der Waals surface area (Å²) in [5.74, 6) is 0.474. The number of amides is 1. The molecule has 1 atom stereocenters. The van der Waals surface area contributed by atoms with Crippen molar-refractivity contribution in [3.63, 3.8) is 0 Å². The summed E-state index contributed by atoms with van der Waals surface area (Å²) in [6, 6.07) is 5.41. The van der Waals surface area contributed by atoms with Crippen molar-refractivity contribution in [3.8, 4) is 5.75 Å². The second-order valence-corrected chi connectivity index (χ2v) is 5.20. The van der Waals surface area contributed by atoms with Gasteiger partial charge in [0.15, 0.2) is 6.61 Å². The number of unbranched alkanes of at least 4 members (excludes halogenated alkanes) is 1. The van der Waals surface area contributed by atoms with Crippen molar-refractivity contribution in [1.82, 2.24) is 5.32 Å². The Labute approximate surface area is 137 Å². The Morgan fingerprint density at radius 2 is 2.19 bits per heavy atom. The van der Waals surface area contributed by atoms with Gasteiger partial charge in [-0.25, -0.2) is 0 Å². The molecule has 3 N–H and O–H groups in total. The van der Waals surface area contributed by atoms with Crippen LogP contribution in [0.15, 0.2) is 18.2 Å². The molecule has 0 heterocycles. The van der Waals surface area contributed by atoms with Crippen molar-refractivity contribution < 1.29 is 9.53 Å². The van der Waals surface area contributed by atoms with Gasteiger partial charge in [0, 0.05) is 23.2 Å². The lowest BCUT2D eigenvalue weighted by atomic mass is 10.1. The molecule has 1 rings (SSSR count). The van der Waals surface area contributed by atoms with E-state index >= 15 is 0 Å². The van der Waals surface area contributed by atoms with E-state index in [1.807, 2.05) is 6.92 Å². The maximum absolute atomic E-state index is 11.8. The van der Waals surface area contributed by atoms with E-state index in [4.69, 9.17) is 22.1 Å².